The van der Waals surface area contributed by atoms with Crippen molar-refractivity contribution >= 4 is 34.7 Å². The third-order valence-corrected chi connectivity index (χ3v) is 4.78. The Labute approximate surface area is 127 Å². The Morgan fingerprint density at radius 3 is 2.63 bits per heavy atom. The average molecular weight is 314 g/mol. The third kappa shape index (κ3) is 5.07. The van der Waals surface area contributed by atoms with E-state index in [-0.39, 0.29) is 0 Å². The van der Waals surface area contributed by atoms with Gasteiger partial charge in [0.25, 0.3) is 0 Å². The largest absolute Gasteiger partial charge is 0.497 e. The van der Waals surface area contributed by atoms with Crippen LogP contribution in [-0.2, 0) is 6.54 Å². The maximum absolute atomic E-state index is 5.88. The van der Waals surface area contributed by atoms with Crippen LogP contribution in [0.2, 0.25) is 4.34 Å². The molecule has 0 aliphatic heterocycles. The highest BCUT2D eigenvalue weighted by molar-refractivity contribution is 7.99. The first-order valence-corrected chi connectivity index (χ1v) is 8.18. The molecule has 0 aliphatic rings. The van der Waals surface area contributed by atoms with E-state index in [1.165, 1.54) is 9.77 Å². The summed E-state index contributed by atoms with van der Waals surface area (Å²) in [7, 11) is 1.68. The molecule has 1 aromatic carbocycles. The molecular formula is C14H16ClNOS2. The number of ether oxygens (including phenoxy) is 1. The van der Waals surface area contributed by atoms with Crippen LogP contribution in [0.1, 0.15) is 4.88 Å². The first kappa shape index (κ1) is 14.7. The molecule has 19 heavy (non-hydrogen) atoms. The molecular weight excluding hydrogens is 298 g/mol. The zero-order valence-electron chi connectivity index (χ0n) is 10.7. The number of hydrogen-bond donors (Lipinski definition) is 1. The fourth-order valence-corrected chi connectivity index (χ4v) is 3.44. The Balaban J connectivity index is 1.63. The maximum atomic E-state index is 5.88. The van der Waals surface area contributed by atoms with Crippen molar-refractivity contribution < 1.29 is 4.74 Å². The summed E-state index contributed by atoms with van der Waals surface area (Å²) in [4.78, 5) is 2.54. The quantitative estimate of drug-likeness (QED) is 0.608. The van der Waals surface area contributed by atoms with E-state index < -0.39 is 0 Å². The van der Waals surface area contributed by atoms with Crippen LogP contribution in [0.4, 0.5) is 0 Å². The van der Waals surface area contributed by atoms with Gasteiger partial charge in [-0.2, -0.15) is 0 Å². The van der Waals surface area contributed by atoms with Crippen LogP contribution >= 0.6 is 34.7 Å². The van der Waals surface area contributed by atoms with Crippen LogP contribution in [0.25, 0.3) is 0 Å². The number of thiophene rings is 1. The third-order valence-electron chi connectivity index (χ3n) is 2.54. The molecule has 2 aromatic rings. The van der Waals surface area contributed by atoms with Crippen molar-refractivity contribution in [2.24, 2.45) is 0 Å². The second-order valence-electron chi connectivity index (χ2n) is 3.91. The average Bonchev–Trinajstić information content (AvgIpc) is 2.85. The monoisotopic (exact) mass is 313 g/mol. The summed E-state index contributed by atoms with van der Waals surface area (Å²) in [6.45, 7) is 1.87. The van der Waals surface area contributed by atoms with Gasteiger partial charge in [0.05, 0.1) is 11.4 Å². The molecule has 0 spiro atoms. The van der Waals surface area contributed by atoms with E-state index in [9.17, 15) is 0 Å². The van der Waals surface area contributed by atoms with Crippen molar-refractivity contribution in [2.75, 3.05) is 19.4 Å². The van der Waals surface area contributed by atoms with E-state index in [0.29, 0.717) is 0 Å². The van der Waals surface area contributed by atoms with Gasteiger partial charge in [0.1, 0.15) is 5.75 Å². The molecule has 0 radical (unpaired) electrons. The molecule has 1 heterocycles. The van der Waals surface area contributed by atoms with Gasteiger partial charge in [0.15, 0.2) is 0 Å². The van der Waals surface area contributed by atoms with Crippen molar-refractivity contribution in [1.82, 2.24) is 5.32 Å². The topological polar surface area (TPSA) is 21.3 Å². The van der Waals surface area contributed by atoms with Crippen LogP contribution in [0.15, 0.2) is 41.3 Å². The Morgan fingerprint density at radius 2 is 2.00 bits per heavy atom. The van der Waals surface area contributed by atoms with E-state index in [2.05, 4.69) is 23.5 Å². The number of hydrogen-bond acceptors (Lipinski definition) is 4. The number of benzene rings is 1. The van der Waals surface area contributed by atoms with Gasteiger partial charge in [-0.15, -0.1) is 23.1 Å². The summed E-state index contributed by atoms with van der Waals surface area (Å²) in [6, 6.07) is 12.2. The van der Waals surface area contributed by atoms with Gasteiger partial charge >= 0.3 is 0 Å². The highest BCUT2D eigenvalue weighted by Crippen LogP contribution is 2.22. The lowest BCUT2D eigenvalue weighted by atomic mass is 10.3. The fourth-order valence-electron chi connectivity index (χ4n) is 1.57. The van der Waals surface area contributed by atoms with Crippen molar-refractivity contribution in [3.05, 3.63) is 45.6 Å². The van der Waals surface area contributed by atoms with E-state index in [1.54, 1.807) is 18.4 Å². The summed E-state index contributed by atoms with van der Waals surface area (Å²) in [5, 5.41) is 3.41. The van der Waals surface area contributed by atoms with Crippen molar-refractivity contribution in [2.45, 2.75) is 11.4 Å². The lowest BCUT2D eigenvalue weighted by Gasteiger charge is -2.04. The highest BCUT2D eigenvalue weighted by Gasteiger charge is 1.98. The molecule has 1 N–H and O–H groups in total. The van der Waals surface area contributed by atoms with Crippen molar-refractivity contribution in [3.63, 3.8) is 0 Å². The smallest absolute Gasteiger partial charge is 0.118 e. The standard InChI is InChI=1S/C14H16ClNOS2/c1-17-11-2-4-12(5-3-11)18-9-8-16-10-13-6-7-14(15)19-13/h2-7,16H,8-10H2,1H3. The maximum Gasteiger partial charge on any atom is 0.118 e. The first-order chi connectivity index (χ1) is 9.28. The van der Waals surface area contributed by atoms with Gasteiger partial charge in [-0.3, -0.25) is 0 Å². The zero-order chi connectivity index (χ0) is 13.5. The second kappa shape index (κ2) is 7.80. The molecule has 2 nitrogen and oxygen atoms in total. The van der Waals surface area contributed by atoms with Crippen molar-refractivity contribution in [1.29, 1.82) is 0 Å². The number of thioether (sulfide) groups is 1. The molecule has 0 aliphatic carbocycles. The molecule has 1 aromatic heterocycles. The van der Waals surface area contributed by atoms with Gasteiger partial charge in [0.2, 0.25) is 0 Å². The van der Waals surface area contributed by atoms with E-state index in [1.807, 2.05) is 30.0 Å². The minimum atomic E-state index is 0.851. The molecule has 0 atom stereocenters. The lowest BCUT2D eigenvalue weighted by molar-refractivity contribution is 0.414. The Bertz CT molecular complexity index is 498. The minimum Gasteiger partial charge on any atom is -0.497 e. The molecule has 2 rings (SSSR count). The molecule has 0 saturated heterocycles. The number of nitrogens with one attached hydrogen (secondary N) is 1. The fraction of sp³-hybridized carbons (Fsp3) is 0.286. The summed E-state index contributed by atoms with van der Waals surface area (Å²) >= 11 is 9.35. The first-order valence-electron chi connectivity index (χ1n) is 6.00. The second-order valence-corrected chi connectivity index (χ2v) is 6.87. The van der Waals surface area contributed by atoms with Gasteiger partial charge in [-0.1, -0.05) is 11.6 Å². The predicted molar refractivity (Wildman–Crippen MR) is 84.8 cm³/mol. The Morgan fingerprint density at radius 1 is 1.21 bits per heavy atom. The van der Waals surface area contributed by atoms with E-state index in [4.69, 9.17) is 16.3 Å². The van der Waals surface area contributed by atoms with Crippen molar-refractivity contribution in [3.8, 4) is 5.75 Å². The van der Waals surface area contributed by atoms with Crippen LogP contribution in [0.3, 0.4) is 0 Å². The van der Waals surface area contributed by atoms with Gasteiger partial charge in [0, 0.05) is 28.6 Å². The molecule has 5 heteroatoms. The van der Waals surface area contributed by atoms with E-state index >= 15 is 0 Å². The van der Waals surface area contributed by atoms with Crippen LogP contribution in [-0.4, -0.2) is 19.4 Å². The summed E-state index contributed by atoms with van der Waals surface area (Å²) in [5.74, 6) is 1.95. The number of rotatable bonds is 7. The molecule has 0 amide bonds. The van der Waals surface area contributed by atoms with Crippen LogP contribution < -0.4 is 10.1 Å². The molecule has 0 unspecified atom stereocenters. The predicted octanol–water partition coefficient (Wildman–Crippen LogP) is 4.29. The zero-order valence-corrected chi connectivity index (χ0v) is 13.1. The summed E-state index contributed by atoms with van der Waals surface area (Å²) in [6.07, 6.45) is 0. The molecule has 0 saturated carbocycles. The molecule has 0 bridgehead atoms. The molecule has 0 fully saturated rings. The Kier molecular flexibility index (Phi) is 6.04. The van der Waals surface area contributed by atoms with E-state index in [0.717, 1.165) is 28.9 Å². The van der Waals surface area contributed by atoms with Gasteiger partial charge in [-0.25, -0.2) is 0 Å². The van der Waals surface area contributed by atoms with Gasteiger partial charge in [-0.05, 0) is 36.4 Å². The van der Waals surface area contributed by atoms with Gasteiger partial charge < -0.3 is 10.1 Å². The highest BCUT2D eigenvalue weighted by atomic mass is 35.5. The van der Waals surface area contributed by atoms with Crippen LogP contribution in [0.5, 0.6) is 5.75 Å². The molecule has 102 valence electrons. The Hall–Kier alpha value is -0.680. The summed E-state index contributed by atoms with van der Waals surface area (Å²) < 4.78 is 5.98. The number of methoxy groups -OCH3 is 1. The number of halogens is 1. The minimum absolute atomic E-state index is 0.851. The lowest BCUT2D eigenvalue weighted by Crippen LogP contribution is -2.15. The SMILES string of the molecule is COc1ccc(SCCNCc2ccc(Cl)s2)cc1. The van der Waals surface area contributed by atoms with Crippen LogP contribution in [0, 0.1) is 0 Å². The normalized spacial score (nSPS) is 10.6. The summed E-state index contributed by atoms with van der Waals surface area (Å²) in [5.41, 5.74) is 0.